The van der Waals surface area contributed by atoms with Gasteiger partial charge in [0, 0.05) is 43.6 Å². The molecule has 0 saturated carbocycles. The van der Waals surface area contributed by atoms with Crippen molar-refractivity contribution in [3.05, 3.63) is 12.2 Å². The van der Waals surface area contributed by atoms with Gasteiger partial charge >= 0.3 is 0 Å². The van der Waals surface area contributed by atoms with Gasteiger partial charge in [0.25, 0.3) is 0 Å². The van der Waals surface area contributed by atoms with Crippen molar-refractivity contribution in [3.63, 3.8) is 0 Å². The number of hydrogen-bond acceptors (Lipinski definition) is 5. The Hall–Kier alpha value is -1.08. The molecular weight excluding hydrogens is 250 g/mol. The van der Waals surface area contributed by atoms with Gasteiger partial charge < -0.3 is 14.8 Å². The maximum atomic E-state index is 12.2. The third-order valence-electron chi connectivity index (χ3n) is 3.41. The Morgan fingerprint density at radius 1 is 1.56 bits per heavy atom. The summed E-state index contributed by atoms with van der Waals surface area (Å²) in [5.74, 6) is 3.30. The molecule has 0 aliphatic carbocycles. The van der Waals surface area contributed by atoms with Crippen molar-refractivity contribution in [1.82, 2.24) is 25.0 Å². The molecule has 2 aliphatic heterocycles. The van der Waals surface area contributed by atoms with Crippen LogP contribution in [0.1, 0.15) is 12.2 Å². The van der Waals surface area contributed by atoms with Crippen LogP contribution in [-0.2, 0) is 17.9 Å². The van der Waals surface area contributed by atoms with Crippen molar-refractivity contribution >= 4 is 17.7 Å². The van der Waals surface area contributed by atoms with Gasteiger partial charge in [0.15, 0.2) is 5.82 Å². The molecule has 1 atom stereocenters. The zero-order valence-electron chi connectivity index (χ0n) is 10.2. The molecule has 3 heterocycles. The summed E-state index contributed by atoms with van der Waals surface area (Å²) in [5, 5.41) is 11.3. The van der Waals surface area contributed by atoms with E-state index in [0.717, 1.165) is 37.0 Å². The highest BCUT2D eigenvalue weighted by Crippen LogP contribution is 2.14. The molecule has 6 nitrogen and oxygen atoms in total. The highest BCUT2D eigenvalue weighted by atomic mass is 32.2. The van der Waals surface area contributed by atoms with E-state index in [0.29, 0.717) is 19.0 Å². The Labute approximate surface area is 110 Å². The second kappa shape index (κ2) is 5.27. The van der Waals surface area contributed by atoms with Gasteiger partial charge in [-0.25, -0.2) is 0 Å². The average molecular weight is 267 g/mol. The van der Waals surface area contributed by atoms with Gasteiger partial charge in [-0.1, -0.05) is 0 Å². The van der Waals surface area contributed by atoms with Crippen LogP contribution in [0.2, 0.25) is 0 Å². The first-order valence-electron chi connectivity index (χ1n) is 6.28. The normalized spacial score (nSPS) is 23.8. The first-order chi connectivity index (χ1) is 8.83. The van der Waals surface area contributed by atoms with Gasteiger partial charge in [-0.05, 0) is 0 Å². The quantitative estimate of drug-likeness (QED) is 0.798. The van der Waals surface area contributed by atoms with E-state index in [1.165, 1.54) is 0 Å². The molecule has 1 fully saturated rings. The van der Waals surface area contributed by atoms with E-state index in [1.54, 1.807) is 6.33 Å². The minimum absolute atomic E-state index is 0.226. The number of nitrogens with one attached hydrogen (secondary N) is 1. The lowest BCUT2D eigenvalue weighted by Gasteiger charge is -2.30. The number of amides is 1. The van der Waals surface area contributed by atoms with Crippen LogP contribution in [0.25, 0.3) is 0 Å². The Bertz CT molecular complexity index is 429. The number of rotatable bonds is 2. The summed E-state index contributed by atoms with van der Waals surface area (Å²) < 4.78 is 2.01. The predicted molar refractivity (Wildman–Crippen MR) is 69.2 cm³/mol. The van der Waals surface area contributed by atoms with Crippen molar-refractivity contribution in [2.75, 3.05) is 24.6 Å². The van der Waals surface area contributed by atoms with Crippen molar-refractivity contribution < 1.29 is 4.79 Å². The standard InChI is InChI=1S/C11H17N5OS/c17-11(5-9-7-18-4-1-12-9)15-2-3-16-8-13-14-10(16)6-15/h8-9,12H,1-7H2. The molecule has 1 amide bonds. The SMILES string of the molecule is O=C(CC1CSCCN1)N1CCn2cnnc2C1. The third-order valence-corrected chi connectivity index (χ3v) is 4.54. The molecule has 1 saturated heterocycles. The summed E-state index contributed by atoms with van der Waals surface area (Å²) in [7, 11) is 0. The average Bonchev–Trinajstić information content (AvgIpc) is 2.87. The largest absolute Gasteiger partial charge is 0.333 e. The molecule has 1 unspecified atom stereocenters. The molecule has 0 bridgehead atoms. The molecule has 7 heteroatoms. The Morgan fingerprint density at radius 3 is 3.33 bits per heavy atom. The monoisotopic (exact) mass is 267 g/mol. The van der Waals surface area contributed by atoms with E-state index in [9.17, 15) is 4.79 Å². The number of aromatic nitrogens is 3. The maximum absolute atomic E-state index is 12.2. The molecule has 2 aliphatic rings. The summed E-state index contributed by atoms with van der Waals surface area (Å²) >= 11 is 1.92. The highest BCUT2D eigenvalue weighted by molar-refractivity contribution is 7.99. The fraction of sp³-hybridized carbons (Fsp3) is 0.727. The molecule has 0 radical (unpaired) electrons. The number of hydrogen-bond donors (Lipinski definition) is 1. The van der Waals surface area contributed by atoms with Crippen LogP contribution in [0.4, 0.5) is 0 Å². The molecule has 3 rings (SSSR count). The number of nitrogens with zero attached hydrogens (tertiary/aromatic N) is 4. The fourth-order valence-electron chi connectivity index (χ4n) is 2.37. The number of fused-ring (bicyclic) bond motifs is 1. The fourth-order valence-corrected chi connectivity index (χ4v) is 3.32. The lowest BCUT2D eigenvalue weighted by molar-refractivity contribution is -0.133. The zero-order chi connectivity index (χ0) is 12.4. The number of carbonyl (C=O) groups is 1. The first kappa shape index (κ1) is 12.0. The molecule has 98 valence electrons. The second-order valence-corrected chi connectivity index (χ2v) is 5.84. The Balaban J connectivity index is 1.57. The van der Waals surface area contributed by atoms with Crippen LogP contribution in [0.15, 0.2) is 6.33 Å². The molecule has 18 heavy (non-hydrogen) atoms. The second-order valence-electron chi connectivity index (χ2n) is 4.69. The van der Waals surface area contributed by atoms with Crippen LogP contribution in [-0.4, -0.2) is 56.2 Å². The van der Waals surface area contributed by atoms with Gasteiger partial charge in [0.1, 0.15) is 6.33 Å². The Morgan fingerprint density at radius 2 is 2.50 bits per heavy atom. The minimum atomic E-state index is 0.226. The van der Waals surface area contributed by atoms with Crippen molar-refractivity contribution in [1.29, 1.82) is 0 Å². The van der Waals surface area contributed by atoms with E-state index in [2.05, 4.69) is 15.5 Å². The summed E-state index contributed by atoms with van der Waals surface area (Å²) in [5.41, 5.74) is 0. The van der Waals surface area contributed by atoms with Gasteiger partial charge in [0.05, 0.1) is 6.54 Å². The van der Waals surface area contributed by atoms with Crippen LogP contribution < -0.4 is 5.32 Å². The summed E-state index contributed by atoms with van der Waals surface area (Å²) in [6.07, 6.45) is 2.33. The number of thioether (sulfide) groups is 1. The van der Waals surface area contributed by atoms with E-state index < -0.39 is 0 Å². The van der Waals surface area contributed by atoms with E-state index in [-0.39, 0.29) is 5.91 Å². The van der Waals surface area contributed by atoms with Gasteiger partial charge in [0.2, 0.25) is 5.91 Å². The zero-order valence-corrected chi connectivity index (χ0v) is 11.0. The van der Waals surface area contributed by atoms with Crippen LogP contribution >= 0.6 is 11.8 Å². The molecule has 0 spiro atoms. The minimum Gasteiger partial charge on any atom is -0.333 e. The summed E-state index contributed by atoms with van der Waals surface area (Å²) in [6.45, 7) is 3.18. The smallest absolute Gasteiger partial charge is 0.224 e. The number of carbonyl (C=O) groups excluding carboxylic acids is 1. The van der Waals surface area contributed by atoms with Crippen molar-refractivity contribution in [2.45, 2.75) is 25.6 Å². The predicted octanol–water partition coefficient (Wildman–Crippen LogP) is -0.285. The molecule has 0 aromatic carbocycles. The lowest BCUT2D eigenvalue weighted by atomic mass is 10.2. The van der Waals surface area contributed by atoms with E-state index >= 15 is 0 Å². The van der Waals surface area contributed by atoms with Crippen molar-refractivity contribution in [2.24, 2.45) is 0 Å². The van der Waals surface area contributed by atoms with Crippen LogP contribution in [0.3, 0.4) is 0 Å². The summed E-state index contributed by atoms with van der Waals surface area (Å²) in [6, 6.07) is 0.330. The van der Waals surface area contributed by atoms with Crippen molar-refractivity contribution in [3.8, 4) is 0 Å². The molecule has 1 aromatic rings. The third kappa shape index (κ3) is 2.51. The van der Waals surface area contributed by atoms with E-state index in [1.807, 2.05) is 21.2 Å². The van der Waals surface area contributed by atoms with Crippen LogP contribution in [0, 0.1) is 0 Å². The highest BCUT2D eigenvalue weighted by Gasteiger charge is 2.24. The molecule has 1 N–H and O–H groups in total. The van der Waals surface area contributed by atoms with E-state index in [4.69, 9.17) is 0 Å². The first-order valence-corrected chi connectivity index (χ1v) is 7.44. The molecule has 1 aromatic heterocycles. The lowest BCUT2D eigenvalue weighted by Crippen LogP contribution is -2.44. The van der Waals surface area contributed by atoms with Gasteiger partial charge in [-0.3, -0.25) is 4.79 Å². The van der Waals surface area contributed by atoms with Gasteiger partial charge in [-0.2, -0.15) is 11.8 Å². The topological polar surface area (TPSA) is 63.1 Å². The maximum Gasteiger partial charge on any atom is 0.224 e. The Kier molecular flexibility index (Phi) is 3.51. The van der Waals surface area contributed by atoms with Crippen LogP contribution in [0.5, 0.6) is 0 Å². The van der Waals surface area contributed by atoms with Gasteiger partial charge in [-0.15, -0.1) is 10.2 Å². The molecular formula is C11H17N5OS. The summed E-state index contributed by atoms with van der Waals surface area (Å²) in [4.78, 5) is 14.1.